The Kier molecular flexibility index (Phi) is 28.0. The van der Waals surface area contributed by atoms with Gasteiger partial charge in [0, 0.05) is 48.8 Å². The number of esters is 2. The maximum Gasteiger partial charge on any atom is 0.343 e. The van der Waals surface area contributed by atoms with Crippen molar-refractivity contribution in [1.29, 1.82) is 0 Å². The average molecular weight is 933 g/mol. The molecule has 0 aromatic heterocycles. The summed E-state index contributed by atoms with van der Waals surface area (Å²) in [6, 6.07) is 23.5. The molecule has 0 fully saturated rings. The Morgan fingerprint density at radius 2 is 0.721 bits per heavy atom. The van der Waals surface area contributed by atoms with Gasteiger partial charge in [0.25, 0.3) is 0 Å². The van der Waals surface area contributed by atoms with Crippen LogP contribution in [0.2, 0.25) is 0 Å². The highest BCUT2D eigenvalue weighted by atomic mass is 16.5. The lowest BCUT2D eigenvalue weighted by Gasteiger charge is -2.08. The number of carbonyl (C=O) groups is 2. The Balaban J connectivity index is 0.987. The lowest BCUT2D eigenvalue weighted by molar-refractivity contribution is 0.0724. The van der Waals surface area contributed by atoms with Crippen molar-refractivity contribution in [2.75, 3.05) is 26.3 Å². The van der Waals surface area contributed by atoms with Gasteiger partial charge in [-0.05, 0) is 98.5 Å². The molecule has 4 rings (SSSR count). The lowest BCUT2D eigenvalue weighted by Crippen LogP contribution is -2.08. The fourth-order valence-electron chi connectivity index (χ4n) is 7.74. The van der Waals surface area contributed by atoms with E-state index in [1.807, 2.05) is 0 Å². The van der Waals surface area contributed by atoms with Crippen LogP contribution in [0, 0.1) is 0 Å². The second-order valence-electron chi connectivity index (χ2n) is 17.8. The van der Waals surface area contributed by atoms with E-state index in [-0.39, 0.29) is 23.0 Å². The number of phenolic OH excluding ortho intramolecular Hbond substituents is 2. The van der Waals surface area contributed by atoms with E-state index in [4.69, 9.17) is 18.9 Å². The number of carbonyl (C=O) groups excluding carboxylic acids is 2. The first-order chi connectivity index (χ1) is 33.4. The minimum absolute atomic E-state index is 0.00872. The molecule has 10 heteroatoms. The monoisotopic (exact) mass is 933 g/mol. The van der Waals surface area contributed by atoms with Crippen molar-refractivity contribution in [3.63, 3.8) is 0 Å². The van der Waals surface area contributed by atoms with Gasteiger partial charge in [0.05, 0.1) is 24.3 Å². The molecule has 0 amide bonds. The molecule has 68 heavy (non-hydrogen) atoms. The summed E-state index contributed by atoms with van der Waals surface area (Å²) in [5.74, 6) is 1.02. The Morgan fingerprint density at radius 1 is 0.412 bits per heavy atom. The predicted octanol–water partition coefficient (Wildman–Crippen LogP) is 15.2. The smallest absolute Gasteiger partial charge is 0.343 e. The van der Waals surface area contributed by atoms with Crippen LogP contribution in [0.4, 0.5) is 0 Å². The first-order valence-corrected chi connectivity index (χ1v) is 25.9. The SMILES string of the molecule is CCCCCCCCCCOc1ccc(C(=O)Oc2ccc(C=NCCCCCCCCCCN=Cc3ccc(OC(=O)c4ccc(OCCCCCCCCCC)cc4)cc3O)c(O)c2)cc1. The molecule has 0 bridgehead atoms. The van der Waals surface area contributed by atoms with Crippen molar-refractivity contribution < 1.29 is 38.7 Å². The number of ether oxygens (including phenoxy) is 4. The van der Waals surface area contributed by atoms with Crippen LogP contribution in [0.25, 0.3) is 0 Å². The zero-order valence-corrected chi connectivity index (χ0v) is 41.3. The average Bonchev–Trinajstić information content (AvgIpc) is 3.34. The van der Waals surface area contributed by atoms with Crippen molar-refractivity contribution in [3.05, 3.63) is 107 Å². The highest BCUT2D eigenvalue weighted by molar-refractivity contribution is 5.92. The van der Waals surface area contributed by atoms with Gasteiger partial charge >= 0.3 is 11.9 Å². The van der Waals surface area contributed by atoms with Crippen LogP contribution in [0.5, 0.6) is 34.5 Å². The quantitative estimate of drug-likeness (QED) is 0.0197. The fraction of sp³-hybridized carbons (Fsp3) is 0.517. The number of hydrogen-bond acceptors (Lipinski definition) is 10. The third-order valence-corrected chi connectivity index (χ3v) is 11.9. The van der Waals surface area contributed by atoms with Gasteiger partial charge in [-0.25, -0.2) is 9.59 Å². The Morgan fingerprint density at radius 3 is 1.06 bits per heavy atom. The topological polar surface area (TPSA) is 136 Å². The van der Waals surface area contributed by atoms with Crippen LogP contribution in [-0.4, -0.2) is 60.9 Å². The summed E-state index contributed by atoms with van der Waals surface area (Å²) < 4.78 is 22.7. The van der Waals surface area contributed by atoms with Gasteiger partial charge in [0.2, 0.25) is 0 Å². The van der Waals surface area contributed by atoms with E-state index in [9.17, 15) is 19.8 Å². The first kappa shape index (κ1) is 55.0. The number of nitrogens with zero attached hydrogens (tertiary/aromatic N) is 2. The van der Waals surface area contributed by atoms with E-state index < -0.39 is 11.9 Å². The van der Waals surface area contributed by atoms with Gasteiger partial charge in [-0.2, -0.15) is 0 Å². The highest BCUT2D eigenvalue weighted by Crippen LogP contribution is 2.26. The number of aromatic hydroxyl groups is 2. The van der Waals surface area contributed by atoms with E-state index in [1.54, 1.807) is 85.2 Å². The molecule has 370 valence electrons. The maximum atomic E-state index is 12.7. The van der Waals surface area contributed by atoms with Crippen molar-refractivity contribution >= 4 is 24.4 Å². The predicted molar refractivity (Wildman–Crippen MR) is 277 cm³/mol. The van der Waals surface area contributed by atoms with Crippen LogP contribution in [-0.2, 0) is 0 Å². The number of unbranched alkanes of at least 4 members (excludes halogenated alkanes) is 21. The second kappa shape index (κ2) is 34.6. The largest absolute Gasteiger partial charge is 0.507 e. The van der Waals surface area contributed by atoms with Gasteiger partial charge in [0.15, 0.2) is 0 Å². The van der Waals surface area contributed by atoms with Crippen LogP contribution >= 0.6 is 0 Å². The van der Waals surface area contributed by atoms with Crippen LogP contribution in [0.1, 0.15) is 200 Å². The van der Waals surface area contributed by atoms with E-state index in [2.05, 4.69) is 23.8 Å². The minimum Gasteiger partial charge on any atom is -0.507 e. The van der Waals surface area contributed by atoms with Gasteiger partial charge < -0.3 is 29.2 Å². The summed E-state index contributed by atoms with van der Waals surface area (Å²) in [7, 11) is 0. The van der Waals surface area contributed by atoms with Crippen LogP contribution in [0.15, 0.2) is 94.9 Å². The number of rotatable bonds is 37. The molecular formula is C58H80N2O8. The van der Waals surface area contributed by atoms with Crippen molar-refractivity contribution in [3.8, 4) is 34.5 Å². The summed E-state index contributed by atoms with van der Waals surface area (Å²) in [5, 5.41) is 21.1. The van der Waals surface area contributed by atoms with E-state index >= 15 is 0 Å². The Labute approximate surface area is 407 Å². The highest BCUT2D eigenvalue weighted by Gasteiger charge is 2.13. The molecule has 0 unspecified atom stereocenters. The van der Waals surface area contributed by atoms with Crippen LogP contribution in [0.3, 0.4) is 0 Å². The third kappa shape index (κ3) is 23.4. The molecule has 0 atom stereocenters. The van der Waals surface area contributed by atoms with E-state index in [0.717, 1.165) is 62.9 Å². The third-order valence-electron chi connectivity index (χ3n) is 11.9. The Bertz CT molecular complexity index is 1900. The zero-order valence-electron chi connectivity index (χ0n) is 41.3. The molecule has 0 aliphatic rings. The molecule has 4 aromatic carbocycles. The molecule has 0 aliphatic heterocycles. The molecule has 0 aliphatic carbocycles. The molecule has 4 aromatic rings. The zero-order chi connectivity index (χ0) is 48.3. The standard InChI is InChI=1S/C58H80N2O8/c1-3-5-7-9-11-17-21-25-41-65-51-33-27-47(28-34-51)57(63)67-53-37-31-49(55(61)43-53)45-59-39-23-19-15-13-14-16-20-24-40-60-46-50-32-38-54(44-56(50)62)68-58(64)48-29-35-52(36-30-48)66-42-26-22-18-12-10-8-6-4-2/h27-38,43-46,61-62H,3-26,39-42H2,1-2H3. The summed E-state index contributed by atoms with van der Waals surface area (Å²) in [6.07, 6.45) is 32.1. The number of aliphatic imine (C=N–C) groups is 2. The van der Waals surface area contributed by atoms with Crippen molar-refractivity contribution in [1.82, 2.24) is 0 Å². The maximum absolute atomic E-state index is 12.7. The van der Waals surface area contributed by atoms with Crippen LogP contribution < -0.4 is 18.9 Å². The molecule has 0 heterocycles. The van der Waals surface area contributed by atoms with Gasteiger partial charge in [-0.3, -0.25) is 9.98 Å². The molecule has 10 nitrogen and oxygen atoms in total. The van der Waals surface area contributed by atoms with Gasteiger partial charge in [0.1, 0.15) is 34.5 Å². The number of hydrogen-bond donors (Lipinski definition) is 2. The Hall–Kier alpha value is -5.64. The summed E-state index contributed by atoms with van der Waals surface area (Å²) in [5.41, 5.74) is 1.98. The molecule has 0 saturated carbocycles. The number of benzene rings is 4. The minimum atomic E-state index is -0.498. The van der Waals surface area contributed by atoms with E-state index in [1.165, 1.54) is 115 Å². The molecule has 0 radical (unpaired) electrons. The normalized spacial score (nSPS) is 11.4. The number of phenols is 2. The fourth-order valence-corrected chi connectivity index (χ4v) is 7.74. The molecular weight excluding hydrogens is 853 g/mol. The van der Waals surface area contributed by atoms with Gasteiger partial charge in [-0.15, -0.1) is 0 Å². The molecule has 2 N–H and O–H groups in total. The first-order valence-electron chi connectivity index (χ1n) is 25.9. The molecule has 0 saturated heterocycles. The molecule has 0 spiro atoms. The van der Waals surface area contributed by atoms with Crippen molar-refractivity contribution in [2.45, 2.75) is 168 Å². The second-order valence-corrected chi connectivity index (χ2v) is 17.8. The lowest BCUT2D eigenvalue weighted by atomic mass is 10.1. The summed E-state index contributed by atoms with van der Waals surface area (Å²) in [6.45, 7) is 7.17. The van der Waals surface area contributed by atoms with Crippen molar-refractivity contribution in [2.24, 2.45) is 9.98 Å². The summed E-state index contributed by atoms with van der Waals surface area (Å²) >= 11 is 0. The van der Waals surface area contributed by atoms with Gasteiger partial charge in [-0.1, -0.05) is 142 Å². The van der Waals surface area contributed by atoms with E-state index in [0.29, 0.717) is 48.6 Å². The summed E-state index contributed by atoms with van der Waals surface area (Å²) in [4.78, 5) is 34.4.